The van der Waals surface area contributed by atoms with Crippen LogP contribution in [0.4, 0.5) is 0 Å². The van der Waals surface area contributed by atoms with Crippen molar-refractivity contribution in [3.05, 3.63) is 30.1 Å². The molecule has 1 aromatic carbocycles. The maximum atomic E-state index is 11.3. The third-order valence-corrected chi connectivity index (χ3v) is 4.19. The minimum absolute atomic E-state index is 0.00685. The van der Waals surface area contributed by atoms with Crippen LogP contribution in [0, 0.1) is 11.3 Å². The molecule has 2 atom stereocenters. The third-order valence-electron chi connectivity index (χ3n) is 4.19. The number of imidazole rings is 1. The van der Waals surface area contributed by atoms with Crippen LogP contribution in [0.2, 0.25) is 0 Å². The number of para-hydroxylation sites is 2. The van der Waals surface area contributed by atoms with Crippen molar-refractivity contribution in [1.29, 1.82) is 0 Å². The minimum atomic E-state index is -0.725. The zero-order chi connectivity index (χ0) is 13.1. The van der Waals surface area contributed by atoms with E-state index in [1.807, 2.05) is 49.7 Å². The fourth-order valence-corrected chi connectivity index (χ4v) is 3.02. The highest BCUT2D eigenvalue weighted by Gasteiger charge is 2.64. The molecule has 3 rings (SSSR count). The summed E-state index contributed by atoms with van der Waals surface area (Å²) in [6.07, 6.45) is 0. The lowest BCUT2D eigenvalue weighted by molar-refractivity contribution is -0.139. The van der Waals surface area contributed by atoms with Crippen LogP contribution < -0.4 is 0 Å². The van der Waals surface area contributed by atoms with Gasteiger partial charge in [-0.15, -0.1) is 0 Å². The number of hydrogen-bond donors (Lipinski definition) is 1. The zero-order valence-electron chi connectivity index (χ0n) is 10.7. The number of hydrogen-bond acceptors (Lipinski definition) is 2. The molecular weight excluding hydrogens is 228 g/mol. The van der Waals surface area contributed by atoms with E-state index in [2.05, 4.69) is 4.98 Å². The molecule has 94 valence electrons. The van der Waals surface area contributed by atoms with Gasteiger partial charge in [0, 0.05) is 13.0 Å². The monoisotopic (exact) mass is 244 g/mol. The van der Waals surface area contributed by atoms with Gasteiger partial charge in [-0.05, 0) is 17.5 Å². The lowest BCUT2D eigenvalue weighted by Gasteiger charge is -2.03. The number of fused-ring (bicyclic) bond motifs is 1. The standard InChI is InChI=1S/C14H16N2O2/c1-14(2)10(11(14)13(17)18)12-15-8-6-4-5-7-9(8)16(12)3/h4-7,10-11H,1-3H3,(H,17,18). The molecular formula is C14H16N2O2. The molecule has 4 heteroatoms. The van der Waals surface area contributed by atoms with E-state index < -0.39 is 5.97 Å². The summed E-state index contributed by atoms with van der Waals surface area (Å²) in [6.45, 7) is 3.99. The molecule has 0 saturated heterocycles. The number of benzene rings is 1. The van der Waals surface area contributed by atoms with Gasteiger partial charge < -0.3 is 9.67 Å². The second-order valence-corrected chi connectivity index (χ2v) is 5.63. The van der Waals surface area contributed by atoms with Crippen molar-refractivity contribution in [1.82, 2.24) is 9.55 Å². The van der Waals surface area contributed by atoms with E-state index in [1.165, 1.54) is 0 Å². The Morgan fingerprint density at radius 2 is 2.06 bits per heavy atom. The molecule has 1 heterocycles. The normalized spacial score (nSPS) is 25.3. The third kappa shape index (κ3) is 1.32. The highest BCUT2D eigenvalue weighted by molar-refractivity contribution is 5.79. The van der Waals surface area contributed by atoms with Crippen molar-refractivity contribution in [2.45, 2.75) is 19.8 Å². The Morgan fingerprint density at radius 1 is 1.39 bits per heavy atom. The van der Waals surface area contributed by atoms with Crippen LogP contribution in [0.25, 0.3) is 11.0 Å². The van der Waals surface area contributed by atoms with E-state index in [0.717, 1.165) is 16.9 Å². The fourth-order valence-electron chi connectivity index (χ4n) is 3.02. The van der Waals surface area contributed by atoms with Crippen LogP contribution in [0.15, 0.2) is 24.3 Å². The lowest BCUT2D eigenvalue weighted by atomic mass is 10.1. The van der Waals surface area contributed by atoms with E-state index in [1.54, 1.807) is 0 Å². The van der Waals surface area contributed by atoms with E-state index in [-0.39, 0.29) is 17.3 Å². The quantitative estimate of drug-likeness (QED) is 0.882. The summed E-state index contributed by atoms with van der Waals surface area (Å²) in [5, 5.41) is 9.25. The molecule has 1 aliphatic carbocycles. The highest BCUT2D eigenvalue weighted by atomic mass is 16.4. The van der Waals surface area contributed by atoms with Gasteiger partial charge in [-0.1, -0.05) is 26.0 Å². The summed E-state index contributed by atoms with van der Waals surface area (Å²) in [6, 6.07) is 7.90. The number of aryl methyl sites for hydroxylation is 1. The number of carboxylic acid groups (broad SMARTS) is 1. The summed E-state index contributed by atoms with van der Waals surface area (Å²) in [7, 11) is 1.96. The van der Waals surface area contributed by atoms with Gasteiger partial charge in [-0.2, -0.15) is 0 Å². The Hall–Kier alpha value is -1.84. The van der Waals surface area contributed by atoms with Crippen LogP contribution in [0.1, 0.15) is 25.6 Å². The number of aromatic nitrogens is 2. The van der Waals surface area contributed by atoms with Crippen molar-refractivity contribution >= 4 is 17.0 Å². The summed E-state index contributed by atoms with van der Waals surface area (Å²) in [5.41, 5.74) is 1.78. The largest absolute Gasteiger partial charge is 0.481 e. The average molecular weight is 244 g/mol. The second-order valence-electron chi connectivity index (χ2n) is 5.63. The van der Waals surface area contributed by atoms with Gasteiger partial charge in [0.05, 0.1) is 17.0 Å². The molecule has 1 fully saturated rings. The number of aliphatic carboxylic acids is 1. The Balaban J connectivity index is 2.12. The number of rotatable bonds is 2. The van der Waals surface area contributed by atoms with Gasteiger partial charge >= 0.3 is 5.97 Å². The van der Waals surface area contributed by atoms with Crippen molar-refractivity contribution in [2.24, 2.45) is 18.4 Å². The molecule has 2 aromatic rings. The molecule has 1 saturated carbocycles. The summed E-state index contributed by atoms with van der Waals surface area (Å²) < 4.78 is 2.02. The lowest BCUT2D eigenvalue weighted by Crippen LogP contribution is -2.03. The van der Waals surface area contributed by atoms with Crippen molar-refractivity contribution in [2.75, 3.05) is 0 Å². The first-order chi connectivity index (χ1) is 8.44. The topological polar surface area (TPSA) is 55.1 Å². The molecule has 0 bridgehead atoms. The van der Waals surface area contributed by atoms with Gasteiger partial charge in [0.1, 0.15) is 5.82 Å². The van der Waals surface area contributed by atoms with Gasteiger partial charge in [-0.25, -0.2) is 4.98 Å². The minimum Gasteiger partial charge on any atom is -0.481 e. The molecule has 4 nitrogen and oxygen atoms in total. The Labute approximate surface area is 105 Å². The predicted octanol–water partition coefficient (Wildman–Crippen LogP) is 2.40. The number of carbonyl (C=O) groups is 1. The maximum absolute atomic E-state index is 11.3. The molecule has 0 spiro atoms. The first kappa shape index (κ1) is 11.3. The second kappa shape index (κ2) is 3.34. The maximum Gasteiger partial charge on any atom is 0.307 e. The van der Waals surface area contributed by atoms with Crippen molar-refractivity contribution < 1.29 is 9.90 Å². The predicted molar refractivity (Wildman–Crippen MR) is 68.4 cm³/mol. The number of nitrogens with zero attached hydrogens (tertiary/aromatic N) is 2. The number of carboxylic acids is 1. The zero-order valence-corrected chi connectivity index (χ0v) is 10.7. The molecule has 0 radical (unpaired) electrons. The molecule has 1 aliphatic rings. The van der Waals surface area contributed by atoms with E-state index in [0.29, 0.717) is 0 Å². The summed E-state index contributed by atoms with van der Waals surface area (Å²) in [5.74, 6) is -0.161. The highest BCUT2D eigenvalue weighted by Crippen LogP contribution is 2.64. The Morgan fingerprint density at radius 3 is 2.61 bits per heavy atom. The van der Waals surface area contributed by atoms with E-state index in [9.17, 15) is 9.90 Å². The summed E-state index contributed by atoms with van der Waals surface area (Å²) in [4.78, 5) is 15.9. The van der Waals surface area contributed by atoms with Crippen LogP contribution >= 0.6 is 0 Å². The molecule has 1 N–H and O–H groups in total. The smallest absolute Gasteiger partial charge is 0.307 e. The molecule has 18 heavy (non-hydrogen) atoms. The summed E-state index contributed by atoms with van der Waals surface area (Å²) >= 11 is 0. The first-order valence-electron chi connectivity index (χ1n) is 6.08. The van der Waals surface area contributed by atoms with Gasteiger partial charge in [0.15, 0.2) is 0 Å². The average Bonchev–Trinajstić information content (AvgIpc) is 2.73. The Kier molecular flexibility index (Phi) is 2.09. The van der Waals surface area contributed by atoms with Crippen LogP contribution in [0.5, 0.6) is 0 Å². The van der Waals surface area contributed by atoms with Crippen LogP contribution in [0.3, 0.4) is 0 Å². The molecule has 0 aliphatic heterocycles. The first-order valence-corrected chi connectivity index (χ1v) is 6.08. The van der Waals surface area contributed by atoms with Gasteiger partial charge in [-0.3, -0.25) is 4.79 Å². The van der Waals surface area contributed by atoms with E-state index >= 15 is 0 Å². The van der Waals surface area contributed by atoms with Crippen molar-refractivity contribution in [3.8, 4) is 0 Å². The molecule has 1 aromatic heterocycles. The molecule has 0 amide bonds. The fraction of sp³-hybridized carbons (Fsp3) is 0.429. The van der Waals surface area contributed by atoms with Crippen LogP contribution in [-0.4, -0.2) is 20.6 Å². The Bertz CT molecular complexity index is 642. The van der Waals surface area contributed by atoms with Gasteiger partial charge in [0.25, 0.3) is 0 Å². The SMILES string of the molecule is Cn1c(C2C(C(=O)O)C2(C)C)nc2ccccc21. The van der Waals surface area contributed by atoms with Crippen LogP contribution in [-0.2, 0) is 11.8 Å². The van der Waals surface area contributed by atoms with Crippen molar-refractivity contribution in [3.63, 3.8) is 0 Å². The van der Waals surface area contributed by atoms with Gasteiger partial charge in [0.2, 0.25) is 0 Å². The van der Waals surface area contributed by atoms with E-state index in [4.69, 9.17) is 0 Å². The molecule has 2 unspecified atom stereocenters.